The largest absolute Gasteiger partial charge is 0.380 e. The molecule has 1 aromatic heterocycles. The van der Waals surface area contributed by atoms with E-state index in [-0.39, 0.29) is 10.1 Å². The van der Waals surface area contributed by atoms with Gasteiger partial charge in [-0.1, -0.05) is 0 Å². The molecule has 2 N–H and O–H groups in total. The molecule has 108 valence electrons. The predicted molar refractivity (Wildman–Crippen MR) is 73.8 cm³/mol. The molecule has 0 aromatic carbocycles. The third-order valence-electron chi connectivity index (χ3n) is 2.48. The van der Waals surface area contributed by atoms with Crippen LogP contribution in [0.25, 0.3) is 0 Å². The molecular weight excluding hydrogens is 288 g/mol. The predicted octanol–water partition coefficient (Wildman–Crippen LogP) is 0.894. The number of likely N-dealkylation sites (N-methyl/N-ethyl adjacent to an activating group) is 1. The molecule has 0 aliphatic rings. The maximum absolute atomic E-state index is 12.2. The van der Waals surface area contributed by atoms with Gasteiger partial charge in [-0.05, 0) is 19.9 Å². The molecule has 0 atom stereocenters. The fourth-order valence-corrected chi connectivity index (χ4v) is 3.06. The smallest absolute Gasteiger partial charge is 0.254 e. The molecule has 1 amide bonds. The zero-order valence-electron chi connectivity index (χ0n) is 11.0. The molecule has 0 radical (unpaired) electrons. The minimum Gasteiger partial charge on any atom is -0.380 e. The zero-order chi connectivity index (χ0) is 14.5. The summed E-state index contributed by atoms with van der Waals surface area (Å²) >= 11 is 0.949. The summed E-state index contributed by atoms with van der Waals surface area (Å²) in [5, 5.41) is 6.52. The second kappa shape index (κ2) is 6.99. The highest BCUT2D eigenvalue weighted by Crippen LogP contribution is 2.20. The van der Waals surface area contributed by atoms with Crippen LogP contribution in [0.3, 0.4) is 0 Å². The number of ether oxygens (including phenoxy) is 1. The Kier molecular flexibility index (Phi) is 5.92. The molecule has 0 saturated heterocycles. The molecule has 0 spiro atoms. The van der Waals surface area contributed by atoms with Crippen molar-refractivity contribution in [3.05, 3.63) is 17.0 Å². The van der Waals surface area contributed by atoms with Crippen molar-refractivity contribution in [2.45, 2.75) is 18.1 Å². The Morgan fingerprint density at radius 1 is 1.47 bits per heavy atom. The number of hydrogen-bond acceptors (Lipinski definition) is 5. The van der Waals surface area contributed by atoms with Crippen LogP contribution in [0.5, 0.6) is 0 Å². The van der Waals surface area contributed by atoms with E-state index in [0.717, 1.165) is 11.3 Å². The quantitative estimate of drug-likeness (QED) is 0.758. The maximum atomic E-state index is 12.2. The zero-order valence-corrected chi connectivity index (χ0v) is 12.6. The third kappa shape index (κ3) is 4.57. The number of amides is 1. The van der Waals surface area contributed by atoms with Crippen LogP contribution in [0.2, 0.25) is 0 Å². The first kappa shape index (κ1) is 16.1. The fourth-order valence-electron chi connectivity index (χ4n) is 1.48. The molecule has 0 unspecified atom stereocenters. The Balaban J connectivity index is 2.77. The van der Waals surface area contributed by atoms with Gasteiger partial charge in [0.2, 0.25) is 10.0 Å². The molecule has 0 fully saturated rings. The van der Waals surface area contributed by atoms with Crippen molar-refractivity contribution in [3.63, 3.8) is 0 Å². The van der Waals surface area contributed by atoms with Gasteiger partial charge in [0, 0.05) is 25.1 Å². The summed E-state index contributed by atoms with van der Waals surface area (Å²) in [5.74, 6) is -0.214. The Morgan fingerprint density at radius 3 is 2.63 bits per heavy atom. The van der Waals surface area contributed by atoms with Crippen molar-refractivity contribution in [2.75, 3.05) is 26.3 Å². The summed E-state index contributed by atoms with van der Waals surface area (Å²) in [6, 6.07) is 1.31. The van der Waals surface area contributed by atoms with Gasteiger partial charge in [-0.25, -0.2) is 13.6 Å². The monoisotopic (exact) mass is 306 g/mol. The lowest BCUT2D eigenvalue weighted by Gasteiger charge is -2.20. The van der Waals surface area contributed by atoms with E-state index in [4.69, 9.17) is 9.88 Å². The average molecular weight is 306 g/mol. The van der Waals surface area contributed by atoms with E-state index in [2.05, 4.69) is 0 Å². The first-order valence-electron chi connectivity index (χ1n) is 5.88. The molecule has 8 heteroatoms. The Bertz CT molecular complexity index is 525. The summed E-state index contributed by atoms with van der Waals surface area (Å²) in [7, 11) is -3.75. The van der Waals surface area contributed by atoms with Gasteiger partial charge in [0.25, 0.3) is 5.91 Å². The number of carbonyl (C=O) groups excluding carboxylic acids is 1. The lowest BCUT2D eigenvalue weighted by Crippen LogP contribution is -2.33. The first-order chi connectivity index (χ1) is 8.90. The molecule has 0 bridgehead atoms. The summed E-state index contributed by atoms with van der Waals surface area (Å²) < 4.78 is 27.5. The van der Waals surface area contributed by atoms with E-state index in [1.165, 1.54) is 11.4 Å². The molecule has 19 heavy (non-hydrogen) atoms. The van der Waals surface area contributed by atoms with E-state index in [0.29, 0.717) is 31.9 Å². The van der Waals surface area contributed by atoms with Gasteiger partial charge in [-0.2, -0.15) is 0 Å². The number of hydrogen-bond donors (Lipinski definition) is 1. The lowest BCUT2D eigenvalue weighted by molar-refractivity contribution is 0.0669. The SMILES string of the molecule is CCOCCN(CC)C(=O)c1csc(S(N)(=O)=O)c1. The van der Waals surface area contributed by atoms with Crippen LogP contribution in [-0.2, 0) is 14.8 Å². The van der Waals surface area contributed by atoms with Crippen LogP contribution < -0.4 is 5.14 Å². The van der Waals surface area contributed by atoms with Gasteiger partial charge in [-0.3, -0.25) is 4.79 Å². The van der Waals surface area contributed by atoms with E-state index in [1.54, 1.807) is 4.90 Å². The normalized spacial score (nSPS) is 11.5. The molecule has 1 heterocycles. The summed E-state index contributed by atoms with van der Waals surface area (Å²) in [5.41, 5.74) is 0.340. The number of rotatable bonds is 7. The van der Waals surface area contributed by atoms with E-state index >= 15 is 0 Å². The number of sulfonamides is 1. The van der Waals surface area contributed by atoms with Crippen LogP contribution in [0.4, 0.5) is 0 Å². The minimum atomic E-state index is -3.75. The lowest BCUT2D eigenvalue weighted by atomic mass is 10.3. The van der Waals surface area contributed by atoms with E-state index in [1.807, 2.05) is 13.8 Å². The Morgan fingerprint density at radius 2 is 2.16 bits per heavy atom. The van der Waals surface area contributed by atoms with Gasteiger partial charge in [0.05, 0.1) is 12.2 Å². The van der Waals surface area contributed by atoms with Crippen molar-refractivity contribution in [1.29, 1.82) is 0 Å². The van der Waals surface area contributed by atoms with Crippen LogP contribution in [-0.4, -0.2) is 45.5 Å². The van der Waals surface area contributed by atoms with Crippen LogP contribution >= 0.6 is 11.3 Å². The van der Waals surface area contributed by atoms with Crippen molar-refractivity contribution in [2.24, 2.45) is 5.14 Å². The number of primary sulfonamides is 1. The van der Waals surface area contributed by atoms with E-state index in [9.17, 15) is 13.2 Å². The van der Waals surface area contributed by atoms with Crippen LogP contribution in [0.15, 0.2) is 15.7 Å². The number of carbonyl (C=O) groups is 1. The van der Waals surface area contributed by atoms with Crippen LogP contribution in [0.1, 0.15) is 24.2 Å². The number of thiophene rings is 1. The van der Waals surface area contributed by atoms with Gasteiger partial charge in [0.15, 0.2) is 0 Å². The molecule has 1 aromatic rings. The van der Waals surface area contributed by atoms with Gasteiger partial charge < -0.3 is 9.64 Å². The van der Waals surface area contributed by atoms with Crippen molar-refractivity contribution >= 4 is 27.3 Å². The molecule has 6 nitrogen and oxygen atoms in total. The highest BCUT2D eigenvalue weighted by molar-refractivity contribution is 7.91. The van der Waals surface area contributed by atoms with Gasteiger partial charge in [-0.15, -0.1) is 11.3 Å². The Labute approximate surface area is 117 Å². The molecular formula is C11H18N2O4S2. The van der Waals surface area contributed by atoms with E-state index < -0.39 is 10.0 Å². The summed E-state index contributed by atoms with van der Waals surface area (Å²) in [4.78, 5) is 13.8. The third-order valence-corrected chi connectivity index (χ3v) is 4.87. The number of nitrogens with two attached hydrogens (primary N) is 1. The summed E-state index contributed by atoms with van der Waals surface area (Å²) in [6.45, 7) is 5.81. The molecule has 0 aliphatic carbocycles. The Hall–Kier alpha value is -0.960. The second-order valence-electron chi connectivity index (χ2n) is 3.78. The molecule has 0 aliphatic heterocycles. The van der Waals surface area contributed by atoms with Crippen molar-refractivity contribution < 1.29 is 17.9 Å². The van der Waals surface area contributed by atoms with Gasteiger partial charge in [0.1, 0.15) is 4.21 Å². The van der Waals surface area contributed by atoms with Crippen LogP contribution in [0, 0.1) is 0 Å². The summed E-state index contributed by atoms with van der Waals surface area (Å²) in [6.07, 6.45) is 0. The van der Waals surface area contributed by atoms with Gasteiger partial charge >= 0.3 is 0 Å². The van der Waals surface area contributed by atoms with Crippen molar-refractivity contribution in [3.8, 4) is 0 Å². The van der Waals surface area contributed by atoms with Crippen molar-refractivity contribution in [1.82, 2.24) is 4.90 Å². The maximum Gasteiger partial charge on any atom is 0.254 e. The standard InChI is InChI=1S/C11H18N2O4S2/c1-3-13(5-6-17-4-2)11(14)9-7-10(18-8-9)19(12,15)16/h7-8H,3-6H2,1-2H3,(H2,12,15,16). The highest BCUT2D eigenvalue weighted by atomic mass is 32.2. The number of nitrogens with zero attached hydrogens (tertiary/aromatic N) is 1. The first-order valence-corrected chi connectivity index (χ1v) is 8.31. The molecule has 0 saturated carbocycles. The fraction of sp³-hybridized carbons (Fsp3) is 0.545. The minimum absolute atomic E-state index is 0.00305. The topological polar surface area (TPSA) is 89.7 Å². The second-order valence-corrected chi connectivity index (χ2v) is 6.48. The molecule has 1 rings (SSSR count). The highest BCUT2D eigenvalue weighted by Gasteiger charge is 2.19. The average Bonchev–Trinajstić information content (AvgIpc) is 2.83.